The molecule has 110 valence electrons. The van der Waals surface area contributed by atoms with Gasteiger partial charge in [0.25, 0.3) is 11.8 Å². The van der Waals surface area contributed by atoms with Crippen molar-refractivity contribution in [1.82, 2.24) is 10.1 Å². The molecule has 21 heavy (non-hydrogen) atoms. The third-order valence-corrected chi connectivity index (χ3v) is 3.62. The highest BCUT2D eigenvalue weighted by molar-refractivity contribution is 5.74. The first kappa shape index (κ1) is 12.5. The van der Waals surface area contributed by atoms with Crippen molar-refractivity contribution in [2.24, 2.45) is 0 Å². The summed E-state index contributed by atoms with van der Waals surface area (Å²) in [7, 11) is 0. The van der Waals surface area contributed by atoms with E-state index in [4.69, 9.17) is 14.0 Å². The fourth-order valence-corrected chi connectivity index (χ4v) is 2.56. The van der Waals surface area contributed by atoms with Crippen LogP contribution < -0.4 is 15.0 Å². The van der Waals surface area contributed by atoms with Crippen molar-refractivity contribution < 1.29 is 14.0 Å². The van der Waals surface area contributed by atoms with Crippen molar-refractivity contribution in [3.63, 3.8) is 0 Å². The van der Waals surface area contributed by atoms with E-state index in [9.17, 15) is 0 Å². The van der Waals surface area contributed by atoms with Crippen LogP contribution in [0.5, 0.6) is 5.75 Å². The number of para-hydroxylation sites is 1. The smallest absolute Gasteiger partial charge is 0.266 e. The van der Waals surface area contributed by atoms with E-state index in [1.807, 2.05) is 18.2 Å². The molecule has 0 amide bonds. The number of rotatable bonds is 2. The number of anilines is 2. The first-order valence-corrected chi connectivity index (χ1v) is 7.08. The van der Waals surface area contributed by atoms with Gasteiger partial charge in [0.1, 0.15) is 6.61 Å². The van der Waals surface area contributed by atoms with Crippen LogP contribution in [0.3, 0.4) is 0 Å². The van der Waals surface area contributed by atoms with Gasteiger partial charge in [-0.3, -0.25) is 0 Å². The topological polar surface area (TPSA) is 72.7 Å². The van der Waals surface area contributed by atoms with Gasteiger partial charge in [0.05, 0.1) is 24.5 Å². The predicted octanol–water partition coefficient (Wildman–Crippen LogP) is 1.38. The molecule has 4 rings (SSSR count). The van der Waals surface area contributed by atoms with Gasteiger partial charge in [0.2, 0.25) is 0 Å². The van der Waals surface area contributed by atoms with Crippen molar-refractivity contribution in [3.8, 4) is 17.2 Å². The third-order valence-electron chi connectivity index (χ3n) is 3.62. The molecule has 1 aromatic carbocycles. The van der Waals surface area contributed by atoms with Gasteiger partial charge in [-0.25, -0.2) is 0 Å². The van der Waals surface area contributed by atoms with Gasteiger partial charge in [0.15, 0.2) is 5.75 Å². The van der Waals surface area contributed by atoms with Gasteiger partial charge >= 0.3 is 0 Å². The zero-order valence-electron chi connectivity index (χ0n) is 11.5. The van der Waals surface area contributed by atoms with Crippen molar-refractivity contribution in [1.29, 1.82) is 0 Å². The van der Waals surface area contributed by atoms with Gasteiger partial charge < -0.3 is 24.2 Å². The van der Waals surface area contributed by atoms with Gasteiger partial charge in [0, 0.05) is 19.6 Å². The Morgan fingerprint density at radius 3 is 2.95 bits per heavy atom. The Morgan fingerprint density at radius 1 is 1.14 bits per heavy atom. The third kappa shape index (κ3) is 2.29. The van der Waals surface area contributed by atoms with Crippen LogP contribution in [0.15, 0.2) is 22.7 Å². The second-order valence-electron chi connectivity index (χ2n) is 4.96. The zero-order valence-corrected chi connectivity index (χ0v) is 11.5. The zero-order chi connectivity index (χ0) is 14.1. The summed E-state index contributed by atoms with van der Waals surface area (Å²) in [5.74, 6) is 1.87. The van der Waals surface area contributed by atoms with Crippen LogP contribution in [-0.4, -0.2) is 49.6 Å². The summed E-state index contributed by atoms with van der Waals surface area (Å²) in [5.41, 5.74) is 1.79. The molecule has 0 aliphatic carbocycles. The quantitative estimate of drug-likeness (QED) is 0.894. The van der Waals surface area contributed by atoms with Gasteiger partial charge in [-0.15, -0.1) is 0 Å². The van der Waals surface area contributed by atoms with Crippen molar-refractivity contribution in [2.75, 3.05) is 49.7 Å². The lowest BCUT2D eigenvalue weighted by Crippen LogP contribution is -2.36. The van der Waals surface area contributed by atoms with E-state index in [2.05, 4.69) is 20.4 Å². The van der Waals surface area contributed by atoms with E-state index < -0.39 is 0 Å². The number of benzene rings is 1. The summed E-state index contributed by atoms with van der Waals surface area (Å²) < 4.78 is 16.5. The molecule has 7 nitrogen and oxygen atoms in total. The molecule has 3 heterocycles. The fraction of sp³-hybridized carbons (Fsp3) is 0.429. The second kappa shape index (κ2) is 5.25. The molecule has 7 heteroatoms. The Labute approximate surface area is 121 Å². The molecule has 2 aromatic rings. The summed E-state index contributed by atoms with van der Waals surface area (Å²) >= 11 is 0. The van der Waals surface area contributed by atoms with E-state index >= 15 is 0 Å². The van der Waals surface area contributed by atoms with Gasteiger partial charge in [-0.05, 0) is 17.3 Å². The number of nitrogens with zero attached hydrogens (tertiary/aromatic N) is 3. The summed E-state index contributed by atoms with van der Waals surface area (Å²) in [5, 5.41) is 7.37. The fourth-order valence-electron chi connectivity index (χ4n) is 2.56. The Balaban J connectivity index is 1.66. The van der Waals surface area contributed by atoms with E-state index in [1.54, 1.807) is 0 Å². The molecular formula is C14H16N4O3. The molecule has 0 radical (unpaired) electrons. The van der Waals surface area contributed by atoms with Crippen LogP contribution in [0.4, 0.5) is 11.6 Å². The molecule has 1 saturated heterocycles. The van der Waals surface area contributed by atoms with Crippen LogP contribution >= 0.6 is 0 Å². The molecular weight excluding hydrogens is 272 g/mol. The highest BCUT2D eigenvalue weighted by Crippen LogP contribution is 2.37. The van der Waals surface area contributed by atoms with Crippen LogP contribution in [0.1, 0.15) is 0 Å². The lowest BCUT2D eigenvalue weighted by molar-refractivity contribution is 0.121. The predicted molar refractivity (Wildman–Crippen MR) is 76.8 cm³/mol. The maximum atomic E-state index is 5.74. The number of hydrogen-bond acceptors (Lipinski definition) is 7. The largest absolute Gasteiger partial charge is 0.489 e. The lowest BCUT2D eigenvalue weighted by Gasteiger charge is -2.24. The molecule has 0 spiro atoms. The minimum atomic E-state index is 0.483. The van der Waals surface area contributed by atoms with E-state index in [-0.39, 0.29) is 0 Å². The normalized spacial score (nSPS) is 17.8. The molecule has 1 aromatic heterocycles. The average Bonchev–Trinajstić information content (AvgIpc) is 3.05. The van der Waals surface area contributed by atoms with E-state index in [0.717, 1.165) is 36.6 Å². The number of hydrogen-bond donors (Lipinski definition) is 1. The van der Waals surface area contributed by atoms with Gasteiger partial charge in [-0.1, -0.05) is 6.07 Å². The lowest BCUT2D eigenvalue weighted by atomic mass is 10.1. The summed E-state index contributed by atoms with van der Waals surface area (Å²) in [6.45, 7) is 4.39. The van der Waals surface area contributed by atoms with Gasteiger partial charge in [-0.2, -0.15) is 4.98 Å². The molecule has 0 atom stereocenters. The molecule has 1 fully saturated rings. The summed E-state index contributed by atoms with van der Waals surface area (Å²) in [4.78, 5) is 6.56. The Hall–Kier alpha value is -2.28. The number of fused-ring (bicyclic) bond motifs is 1. The number of nitrogens with one attached hydrogen (secondary N) is 1. The second-order valence-corrected chi connectivity index (χ2v) is 4.96. The number of aromatic nitrogens is 2. The molecule has 0 bridgehead atoms. The molecule has 0 unspecified atom stereocenters. The maximum Gasteiger partial charge on any atom is 0.266 e. The van der Waals surface area contributed by atoms with Crippen molar-refractivity contribution >= 4 is 11.6 Å². The molecule has 2 aliphatic rings. The van der Waals surface area contributed by atoms with Crippen LogP contribution in [0.2, 0.25) is 0 Å². The molecule has 0 saturated carbocycles. The standard InChI is InChI=1S/C14H16N4O3/c1-2-10(12-11(3-1)15-4-7-20-12)13-16-14(17-21-13)18-5-8-19-9-6-18/h1-3,15H,4-9H2. The SMILES string of the molecule is c1cc2c(c(-c3nc(N4CCOCC4)no3)c1)OCCN2. The number of ether oxygens (including phenoxy) is 2. The first-order valence-electron chi connectivity index (χ1n) is 7.08. The van der Waals surface area contributed by atoms with Crippen molar-refractivity contribution in [2.45, 2.75) is 0 Å². The number of morpholine rings is 1. The summed E-state index contributed by atoms with van der Waals surface area (Å²) in [6, 6.07) is 5.87. The van der Waals surface area contributed by atoms with Crippen molar-refractivity contribution in [3.05, 3.63) is 18.2 Å². The van der Waals surface area contributed by atoms with E-state index in [1.165, 1.54) is 0 Å². The van der Waals surface area contributed by atoms with E-state index in [0.29, 0.717) is 31.7 Å². The van der Waals surface area contributed by atoms with Crippen LogP contribution in [-0.2, 0) is 4.74 Å². The molecule has 1 N–H and O–H groups in total. The Kier molecular flexibility index (Phi) is 3.11. The minimum absolute atomic E-state index is 0.483. The summed E-state index contributed by atoms with van der Waals surface area (Å²) in [6.07, 6.45) is 0. The van der Waals surface area contributed by atoms with Crippen LogP contribution in [0, 0.1) is 0 Å². The Morgan fingerprint density at radius 2 is 2.05 bits per heavy atom. The highest BCUT2D eigenvalue weighted by atomic mass is 16.5. The molecule has 2 aliphatic heterocycles. The maximum absolute atomic E-state index is 5.74. The minimum Gasteiger partial charge on any atom is -0.489 e. The average molecular weight is 288 g/mol. The Bertz CT molecular complexity index is 637. The highest BCUT2D eigenvalue weighted by Gasteiger charge is 2.22. The first-order chi connectivity index (χ1) is 10.4. The van der Waals surface area contributed by atoms with Crippen LogP contribution in [0.25, 0.3) is 11.5 Å². The monoisotopic (exact) mass is 288 g/mol.